The van der Waals surface area contributed by atoms with Crippen LogP contribution in [0.4, 0.5) is 17.1 Å². The highest BCUT2D eigenvalue weighted by Crippen LogP contribution is 2.34. The van der Waals surface area contributed by atoms with Gasteiger partial charge in [-0.15, -0.1) is 0 Å². The maximum Gasteiger partial charge on any atom is 0.296 e. The summed E-state index contributed by atoms with van der Waals surface area (Å²) in [6.45, 7) is 1.49. The first-order valence-corrected chi connectivity index (χ1v) is 8.09. The van der Waals surface area contributed by atoms with Gasteiger partial charge in [0.1, 0.15) is 5.50 Å². The fourth-order valence-electron chi connectivity index (χ4n) is 3.24. The Labute approximate surface area is 138 Å². The van der Waals surface area contributed by atoms with Gasteiger partial charge in [0.05, 0.1) is 11.4 Å². The number of nitrogens with two attached hydrogens (primary N) is 1. The summed E-state index contributed by atoms with van der Waals surface area (Å²) in [7, 11) is 0. The zero-order valence-electron chi connectivity index (χ0n) is 12.5. The number of nitrogen functional groups attached to an aromatic ring is 1. The second-order valence-electron chi connectivity index (χ2n) is 5.90. The number of anilines is 2. The Morgan fingerprint density at radius 3 is 3.04 bits per heavy atom. The van der Waals surface area contributed by atoms with E-state index in [2.05, 4.69) is 10.3 Å². The Hall–Kier alpha value is -2.28. The van der Waals surface area contributed by atoms with Crippen LogP contribution in [0.1, 0.15) is 18.4 Å². The van der Waals surface area contributed by atoms with E-state index < -0.39 is 5.50 Å². The molecule has 3 heterocycles. The molecule has 120 valence electrons. The van der Waals surface area contributed by atoms with Gasteiger partial charge >= 0.3 is 0 Å². The lowest BCUT2D eigenvalue weighted by atomic mass is 10.0. The van der Waals surface area contributed by atoms with E-state index in [4.69, 9.17) is 22.7 Å². The summed E-state index contributed by atoms with van der Waals surface area (Å²) in [5.41, 5.74) is 8.95. The monoisotopic (exact) mass is 332 g/mol. The number of aliphatic imine (C=N–C) groups is 1. The smallest absolute Gasteiger partial charge is 0.296 e. The van der Waals surface area contributed by atoms with E-state index in [9.17, 15) is 4.79 Å². The third-order valence-corrected chi connectivity index (χ3v) is 4.82. The molecule has 7 nitrogen and oxygen atoms in total. The van der Waals surface area contributed by atoms with Gasteiger partial charge in [-0.25, -0.2) is 10.0 Å². The number of benzene rings is 1. The minimum absolute atomic E-state index is 0.0911. The van der Waals surface area contributed by atoms with Crippen molar-refractivity contribution in [3.8, 4) is 0 Å². The van der Waals surface area contributed by atoms with Crippen LogP contribution in [0.15, 0.2) is 17.1 Å². The molecular formula is C15H17ClN6O. The second kappa shape index (κ2) is 5.13. The van der Waals surface area contributed by atoms with Gasteiger partial charge in [0.25, 0.3) is 5.91 Å². The molecule has 3 aliphatic rings. The van der Waals surface area contributed by atoms with Crippen LogP contribution in [0, 0.1) is 5.41 Å². The Kier molecular flexibility index (Phi) is 3.19. The summed E-state index contributed by atoms with van der Waals surface area (Å²) in [6.07, 6.45) is 2.65. The highest BCUT2D eigenvalue weighted by Gasteiger charge is 2.46. The van der Waals surface area contributed by atoms with Gasteiger partial charge in [-0.2, -0.15) is 0 Å². The molecular weight excluding hydrogens is 316 g/mol. The summed E-state index contributed by atoms with van der Waals surface area (Å²) in [5.74, 6) is -0.240. The van der Waals surface area contributed by atoms with Crippen molar-refractivity contribution in [3.05, 3.63) is 17.7 Å². The van der Waals surface area contributed by atoms with Gasteiger partial charge in [0, 0.05) is 25.2 Å². The van der Waals surface area contributed by atoms with Crippen LogP contribution in [-0.2, 0) is 11.2 Å². The molecule has 0 aromatic heterocycles. The highest BCUT2D eigenvalue weighted by atomic mass is 35.5. The van der Waals surface area contributed by atoms with Crippen molar-refractivity contribution in [1.82, 2.24) is 10.0 Å². The molecule has 0 saturated carbocycles. The Balaban J connectivity index is 1.73. The third kappa shape index (κ3) is 2.15. The van der Waals surface area contributed by atoms with Crippen molar-refractivity contribution in [1.29, 1.82) is 5.41 Å². The van der Waals surface area contributed by atoms with Crippen LogP contribution in [0.25, 0.3) is 0 Å². The summed E-state index contributed by atoms with van der Waals surface area (Å²) in [6, 6.07) is 3.75. The number of hydrogen-bond donors (Lipinski definition) is 3. The highest BCUT2D eigenvalue weighted by molar-refractivity contribution is 6.68. The third-order valence-electron chi connectivity index (χ3n) is 4.42. The number of hydrogen-bond acceptors (Lipinski definition) is 5. The lowest BCUT2D eigenvalue weighted by Gasteiger charge is -2.20. The lowest BCUT2D eigenvalue weighted by molar-refractivity contribution is -0.130. The van der Waals surface area contributed by atoms with Crippen molar-refractivity contribution < 1.29 is 4.79 Å². The maximum absolute atomic E-state index is 12.5. The largest absolute Gasteiger partial charge is 0.397 e. The first kappa shape index (κ1) is 14.3. The zero-order valence-corrected chi connectivity index (χ0v) is 13.2. The molecule has 2 saturated heterocycles. The van der Waals surface area contributed by atoms with Crippen LogP contribution in [-0.4, -0.2) is 46.1 Å². The van der Waals surface area contributed by atoms with Crippen LogP contribution < -0.4 is 11.1 Å². The quantitative estimate of drug-likeness (QED) is 0.414. The standard InChI is InChI=1S/C15H17ClN6O/c16-12-3-5-21-14(18)13(15(23)22(12)21)20-11-6-8-2-1-4-19-10(8)7-9(11)17/h6-7,12,18-19H,1-5,17H2. The second-order valence-corrected chi connectivity index (χ2v) is 6.41. The number of carbonyl (C=O) groups is 1. The fraction of sp³-hybridized carbons (Fsp3) is 0.400. The van der Waals surface area contributed by atoms with Crippen LogP contribution in [0.3, 0.4) is 0 Å². The summed E-state index contributed by atoms with van der Waals surface area (Å²) >= 11 is 6.15. The molecule has 1 aromatic carbocycles. The molecule has 0 radical (unpaired) electrons. The molecule has 0 bridgehead atoms. The van der Waals surface area contributed by atoms with Gasteiger partial charge in [0.15, 0.2) is 11.5 Å². The van der Waals surface area contributed by atoms with E-state index in [1.165, 1.54) is 5.01 Å². The van der Waals surface area contributed by atoms with Gasteiger partial charge in [-0.05, 0) is 30.5 Å². The average molecular weight is 333 g/mol. The van der Waals surface area contributed by atoms with Crippen molar-refractivity contribution in [2.75, 3.05) is 24.1 Å². The van der Waals surface area contributed by atoms with Crippen molar-refractivity contribution in [2.45, 2.75) is 24.8 Å². The summed E-state index contributed by atoms with van der Waals surface area (Å²) < 4.78 is 0. The predicted molar refractivity (Wildman–Crippen MR) is 90.3 cm³/mol. The first-order valence-electron chi connectivity index (χ1n) is 7.65. The van der Waals surface area contributed by atoms with Crippen LogP contribution in [0.5, 0.6) is 0 Å². The number of nitrogens with one attached hydrogen (secondary N) is 2. The van der Waals surface area contributed by atoms with Crippen molar-refractivity contribution in [3.63, 3.8) is 0 Å². The van der Waals surface area contributed by atoms with Crippen LogP contribution in [0.2, 0.25) is 0 Å². The summed E-state index contributed by atoms with van der Waals surface area (Å²) in [5, 5.41) is 14.5. The van der Waals surface area contributed by atoms with Crippen molar-refractivity contribution >= 4 is 46.1 Å². The number of amides is 1. The number of halogens is 1. The number of rotatable bonds is 1. The molecule has 1 aromatic rings. The van der Waals surface area contributed by atoms with Gasteiger partial charge in [-0.1, -0.05) is 11.6 Å². The molecule has 1 atom stereocenters. The lowest BCUT2D eigenvalue weighted by Crippen LogP contribution is -2.36. The first-order chi connectivity index (χ1) is 11.1. The van der Waals surface area contributed by atoms with Gasteiger partial charge in [0.2, 0.25) is 0 Å². The van der Waals surface area contributed by atoms with E-state index >= 15 is 0 Å². The number of nitrogens with zero attached hydrogens (tertiary/aromatic N) is 3. The number of alkyl halides is 1. The average Bonchev–Trinajstić information content (AvgIpc) is 3.03. The van der Waals surface area contributed by atoms with Gasteiger partial charge < -0.3 is 11.1 Å². The molecule has 2 fully saturated rings. The summed E-state index contributed by atoms with van der Waals surface area (Å²) in [4.78, 5) is 16.9. The maximum atomic E-state index is 12.5. The molecule has 0 spiro atoms. The number of aryl methyl sites for hydroxylation is 1. The Morgan fingerprint density at radius 2 is 2.26 bits per heavy atom. The van der Waals surface area contributed by atoms with E-state index in [1.54, 1.807) is 5.01 Å². The molecule has 0 aliphatic carbocycles. The number of amidine groups is 1. The molecule has 1 amide bonds. The minimum atomic E-state index is -0.416. The van der Waals surface area contributed by atoms with E-state index in [1.807, 2.05) is 12.1 Å². The number of hydrazine groups is 1. The normalized spacial score (nSPS) is 24.9. The molecule has 4 N–H and O–H groups in total. The number of fused-ring (bicyclic) bond motifs is 2. The van der Waals surface area contributed by atoms with Crippen LogP contribution >= 0.6 is 11.6 Å². The molecule has 3 aliphatic heterocycles. The Bertz CT molecular complexity index is 746. The number of carbonyl (C=O) groups excluding carboxylic acids is 1. The topological polar surface area (TPSA) is 97.8 Å². The minimum Gasteiger partial charge on any atom is -0.397 e. The molecule has 4 rings (SSSR count). The zero-order chi connectivity index (χ0) is 16.1. The van der Waals surface area contributed by atoms with Crippen molar-refractivity contribution in [2.24, 2.45) is 4.99 Å². The Morgan fingerprint density at radius 1 is 1.43 bits per heavy atom. The fourth-order valence-corrected chi connectivity index (χ4v) is 3.53. The molecule has 8 heteroatoms. The van der Waals surface area contributed by atoms with E-state index in [0.717, 1.165) is 30.6 Å². The van der Waals surface area contributed by atoms with E-state index in [-0.39, 0.29) is 17.5 Å². The molecule has 23 heavy (non-hydrogen) atoms. The van der Waals surface area contributed by atoms with E-state index in [0.29, 0.717) is 24.3 Å². The molecule has 1 unspecified atom stereocenters. The predicted octanol–water partition coefficient (Wildman–Crippen LogP) is 1.70. The van der Waals surface area contributed by atoms with Gasteiger partial charge in [-0.3, -0.25) is 15.2 Å². The SMILES string of the molecule is N=C1C(=Nc2cc3c(cc2N)NCCC3)C(=O)N2C(Cl)CCN12.